The van der Waals surface area contributed by atoms with Gasteiger partial charge in [-0.2, -0.15) is 12.1 Å². The van der Waals surface area contributed by atoms with Crippen molar-refractivity contribution in [2.45, 2.75) is 86.2 Å². The molecular weight excluding hydrogens is 771 g/mol. The Labute approximate surface area is 327 Å². The summed E-state index contributed by atoms with van der Waals surface area (Å²) < 4.78 is 5.83. The first kappa shape index (κ1) is 40.2. The van der Waals surface area contributed by atoms with Gasteiger partial charge in [-0.25, -0.2) is 0 Å². The quantitative estimate of drug-likeness (QED) is 0.128. The van der Waals surface area contributed by atoms with Gasteiger partial charge in [-0.15, -0.1) is 57.9 Å². The Morgan fingerprint density at radius 3 is 1.52 bits per heavy atom. The van der Waals surface area contributed by atoms with Gasteiger partial charge in [-0.05, 0) is 71.6 Å². The molecule has 0 unspecified atom stereocenters. The number of aryl methyl sites for hydroxylation is 3. The molecule has 0 amide bonds. The van der Waals surface area contributed by atoms with Crippen molar-refractivity contribution in [1.82, 2.24) is 0 Å². The van der Waals surface area contributed by atoms with Crippen LogP contribution in [0.2, 0.25) is 13.1 Å². The maximum Gasteiger partial charge on any atom is 0.0896 e. The standard InChI is InChI=1S/C25H25O.C20H21.C2H6Si.2ClH.Zr/c1-16-6-8-19-14-20(23-13-7-17(2)26-23)15-22(19)24(16)18-9-11-21(12-10-18)25(3,4)5;1-14-8-9-15-6-5-7-18(15)19(14)16-10-12-17(13-11-16)20(2,3)4;1-3-2;;;/h6-15H,1-5H3;5-13H,1-4H3;1-2H3;2*1H;/q2*-1;;;;+2/p-2. The Morgan fingerprint density at radius 2 is 1.08 bits per heavy atom. The van der Waals surface area contributed by atoms with Crippen molar-refractivity contribution in [2.75, 3.05) is 0 Å². The first-order valence-electron chi connectivity index (χ1n) is 18.1. The number of rotatable bonds is 3. The van der Waals surface area contributed by atoms with Gasteiger partial charge in [-0.3, -0.25) is 0 Å². The topological polar surface area (TPSA) is 13.1 Å². The molecular formula is C47H52Cl2OSiZr-2. The molecule has 0 aliphatic carbocycles. The van der Waals surface area contributed by atoms with E-state index in [9.17, 15) is 0 Å². The van der Waals surface area contributed by atoms with Crippen LogP contribution >= 0.6 is 17.0 Å². The van der Waals surface area contributed by atoms with Crippen molar-refractivity contribution in [3.8, 4) is 33.6 Å². The molecule has 7 aromatic rings. The number of fused-ring (bicyclic) bond motifs is 2. The zero-order valence-electron chi connectivity index (χ0n) is 32.6. The van der Waals surface area contributed by atoms with Gasteiger partial charge in [0.25, 0.3) is 0 Å². The first-order chi connectivity index (χ1) is 24.4. The summed E-state index contributed by atoms with van der Waals surface area (Å²) in [7, 11) is 11.2. The first-order valence-corrected chi connectivity index (χ1v) is 30.6. The van der Waals surface area contributed by atoms with E-state index in [2.05, 4.69) is 172 Å². The van der Waals surface area contributed by atoms with Crippen LogP contribution in [0, 0.1) is 20.8 Å². The summed E-state index contributed by atoms with van der Waals surface area (Å²) in [5.74, 6) is 1.88. The van der Waals surface area contributed by atoms with Crippen LogP contribution in [0.25, 0.3) is 55.1 Å². The molecule has 1 heterocycles. The van der Waals surface area contributed by atoms with Crippen LogP contribution in [0.5, 0.6) is 0 Å². The van der Waals surface area contributed by atoms with Crippen LogP contribution in [0.4, 0.5) is 0 Å². The van der Waals surface area contributed by atoms with Crippen LogP contribution in [0.1, 0.15) is 69.6 Å². The Hall–Kier alpha value is -2.94. The molecule has 5 heteroatoms. The molecule has 0 N–H and O–H groups in total. The average molecular weight is 823 g/mol. The van der Waals surface area contributed by atoms with Crippen LogP contribution in [0.3, 0.4) is 0 Å². The molecule has 1 aromatic heterocycles. The Balaban J connectivity index is 0.000000178. The van der Waals surface area contributed by atoms with Crippen molar-refractivity contribution in [1.29, 1.82) is 0 Å². The SMILES string of the molecule is C[Si](C)=[Zr]([Cl])[Cl].Cc1ccc(-c2cc3c(-c4ccc(C(C)(C)C)cc4)c(C)ccc3[cH-]2)o1.Cc1ccc2[cH-]ccc2c1-c1ccc(C(C)(C)C)cc1. The zero-order chi connectivity index (χ0) is 38.0. The molecule has 0 aliphatic heterocycles. The van der Waals surface area contributed by atoms with Crippen molar-refractivity contribution in [3.05, 3.63) is 143 Å². The minimum Gasteiger partial charge on any atom is -0.496 e. The number of benzene rings is 4. The van der Waals surface area contributed by atoms with Gasteiger partial charge in [0.2, 0.25) is 0 Å². The fraction of sp³-hybridized carbons (Fsp3) is 0.277. The van der Waals surface area contributed by atoms with E-state index in [-0.39, 0.29) is 16.3 Å². The van der Waals surface area contributed by atoms with Crippen molar-refractivity contribution in [3.63, 3.8) is 0 Å². The normalized spacial score (nSPS) is 11.6. The van der Waals surface area contributed by atoms with Crippen molar-refractivity contribution < 1.29 is 22.4 Å². The molecule has 1 nitrogen and oxygen atoms in total. The van der Waals surface area contributed by atoms with E-state index in [1.165, 1.54) is 66.1 Å². The molecule has 6 aromatic carbocycles. The van der Waals surface area contributed by atoms with Gasteiger partial charge in [0, 0.05) is 0 Å². The van der Waals surface area contributed by atoms with Crippen molar-refractivity contribution >= 4 is 44.0 Å². The summed E-state index contributed by atoms with van der Waals surface area (Å²) in [6, 6.07) is 42.0. The monoisotopic (exact) mass is 820 g/mol. The smallest absolute Gasteiger partial charge is 0.0896 e. The summed E-state index contributed by atoms with van der Waals surface area (Å²) in [6.07, 6.45) is 0. The predicted octanol–water partition coefficient (Wildman–Crippen LogP) is 15.4. The Morgan fingerprint density at radius 1 is 0.596 bits per heavy atom. The van der Waals surface area contributed by atoms with Crippen LogP contribution < -0.4 is 0 Å². The summed E-state index contributed by atoms with van der Waals surface area (Å²) in [4.78, 5) is 0. The van der Waals surface area contributed by atoms with E-state index in [0.29, 0.717) is 0 Å². The summed E-state index contributed by atoms with van der Waals surface area (Å²) in [5, 5.41) is 5.23. The second-order valence-electron chi connectivity index (χ2n) is 16.1. The second-order valence-corrected chi connectivity index (χ2v) is 39.1. The number of hydrogen-bond acceptors (Lipinski definition) is 1. The van der Waals surface area contributed by atoms with E-state index in [4.69, 9.17) is 21.4 Å². The number of furan rings is 1. The minimum atomic E-state index is -1.65. The van der Waals surface area contributed by atoms with Gasteiger partial charge in [0.05, 0.1) is 11.5 Å². The molecule has 0 radical (unpaired) electrons. The molecule has 0 saturated heterocycles. The Bertz CT molecular complexity index is 2300. The van der Waals surface area contributed by atoms with E-state index in [1.54, 1.807) is 0 Å². The fourth-order valence-corrected chi connectivity index (χ4v) is 6.48. The van der Waals surface area contributed by atoms with E-state index >= 15 is 0 Å². The molecule has 0 atom stereocenters. The van der Waals surface area contributed by atoms with Gasteiger partial charge in [-0.1, -0.05) is 118 Å². The summed E-state index contributed by atoms with van der Waals surface area (Å²) >= 11 is -1.65. The second kappa shape index (κ2) is 16.6. The predicted molar refractivity (Wildman–Crippen MR) is 228 cm³/mol. The number of halogens is 2. The van der Waals surface area contributed by atoms with Gasteiger partial charge < -0.3 is 4.42 Å². The Kier molecular flexibility index (Phi) is 12.9. The van der Waals surface area contributed by atoms with Crippen LogP contribution in [-0.2, 0) is 28.8 Å². The molecule has 0 spiro atoms. The minimum absolute atomic E-state index is 0.171. The largest absolute Gasteiger partial charge is 0.496 e. The third kappa shape index (κ3) is 9.58. The third-order valence-electron chi connectivity index (χ3n) is 9.61. The maximum absolute atomic E-state index is 5.83. The zero-order valence-corrected chi connectivity index (χ0v) is 37.6. The third-order valence-corrected chi connectivity index (χ3v) is 29.4. The average Bonchev–Trinajstić information content (AvgIpc) is 3.84. The fourth-order valence-electron chi connectivity index (χ4n) is 6.48. The van der Waals surface area contributed by atoms with Gasteiger partial charge >= 0.3 is 53.5 Å². The molecule has 270 valence electrons. The molecule has 7 rings (SSSR count). The maximum atomic E-state index is 5.83. The number of hydrogen-bond donors (Lipinski definition) is 0. The molecule has 0 fully saturated rings. The van der Waals surface area contributed by atoms with Crippen molar-refractivity contribution in [2.24, 2.45) is 0 Å². The van der Waals surface area contributed by atoms with E-state index in [0.717, 1.165) is 17.1 Å². The summed E-state index contributed by atoms with van der Waals surface area (Å²) in [6.45, 7) is 24.2. The van der Waals surface area contributed by atoms with Gasteiger partial charge in [0.1, 0.15) is 0 Å². The van der Waals surface area contributed by atoms with E-state index in [1.807, 2.05) is 19.1 Å². The van der Waals surface area contributed by atoms with Crippen LogP contribution in [-0.4, -0.2) is 5.43 Å². The van der Waals surface area contributed by atoms with Crippen LogP contribution in [0.15, 0.2) is 120 Å². The van der Waals surface area contributed by atoms with Gasteiger partial charge in [0.15, 0.2) is 0 Å². The molecule has 0 bridgehead atoms. The molecule has 0 aliphatic rings. The molecule has 52 heavy (non-hydrogen) atoms. The summed E-state index contributed by atoms with van der Waals surface area (Å²) in [5.41, 5.74) is 12.0. The van der Waals surface area contributed by atoms with E-state index < -0.39 is 18.0 Å². The molecule has 0 saturated carbocycles.